The summed E-state index contributed by atoms with van der Waals surface area (Å²) in [5.41, 5.74) is 1.97. The summed E-state index contributed by atoms with van der Waals surface area (Å²) < 4.78 is 22.8. The number of carbonyl (C=O) groups excluding carboxylic acids is 1. The Balaban J connectivity index is 1.84. The first-order valence-electron chi connectivity index (χ1n) is 8.62. The van der Waals surface area contributed by atoms with E-state index >= 15 is 0 Å². The molecule has 0 aliphatic carbocycles. The molecule has 1 aliphatic rings. The predicted octanol–water partition coefficient (Wildman–Crippen LogP) is 4.83. The molecule has 138 valence electrons. The summed E-state index contributed by atoms with van der Waals surface area (Å²) in [6, 6.07) is 9.69. The van der Waals surface area contributed by atoms with Crippen LogP contribution < -0.4 is 0 Å². The zero-order valence-electron chi connectivity index (χ0n) is 15.8. The van der Waals surface area contributed by atoms with Gasteiger partial charge in [0.15, 0.2) is 11.5 Å². The number of fused-ring (bicyclic) bond motifs is 1. The van der Waals surface area contributed by atoms with Gasteiger partial charge < -0.3 is 18.6 Å². The zero-order valence-corrected chi connectivity index (χ0v) is 15.8. The van der Waals surface area contributed by atoms with Gasteiger partial charge >= 0.3 is 5.97 Å². The molecule has 0 saturated heterocycles. The zero-order chi connectivity index (χ0) is 18.9. The average molecular weight is 356 g/mol. The van der Waals surface area contributed by atoms with Crippen LogP contribution in [-0.2, 0) is 19.0 Å². The second kappa shape index (κ2) is 7.00. The number of esters is 1. The van der Waals surface area contributed by atoms with E-state index in [0.717, 1.165) is 22.1 Å². The molecule has 1 aromatic carbocycles. The van der Waals surface area contributed by atoms with Crippen molar-refractivity contribution in [2.24, 2.45) is 0 Å². The van der Waals surface area contributed by atoms with Gasteiger partial charge in [0, 0.05) is 16.5 Å². The molecule has 3 rings (SSSR count). The lowest BCUT2D eigenvalue weighted by molar-refractivity contribution is -0.149. The molecule has 0 bridgehead atoms. The summed E-state index contributed by atoms with van der Waals surface area (Å²) in [5.74, 6) is 1.30. The van der Waals surface area contributed by atoms with Crippen LogP contribution in [0, 0.1) is 0 Å². The molecule has 0 spiro atoms. The van der Waals surface area contributed by atoms with Crippen molar-refractivity contribution in [2.45, 2.75) is 40.2 Å². The monoisotopic (exact) mass is 356 g/mol. The van der Waals surface area contributed by atoms with Crippen molar-refractivity contribution in [1.82, 2.24) is 0 Å². The Morgan fingerprint density at radius 1 is 1.19 bits per heavy atom. The summed E-state index contributed by atoms with van der Waals surface area (Å²) in [7, 11) is 0. The van der Waals surface area contributed by atoms with Gasteiger partial charge in [0.1, 0.15) is 24.6 Å². The summed E-state index contributed by atoms with van der Waals surface area (Å²) in [4.78, 5) is 12.2. The summed E-state index contributed by atoms with van der Waals surface area (Å²) in [5, 5.41) is 0.995. The first kappa shape index (κ1) is 18.3. The van der Waals surface area contributed by atoms with Crippen molar-refractivity contribution in [3.8, 4) is 0 Å². The molecule has 0 N–H and O–H groups in total. The minimum atomic E-state index is -0.431. The third kappa shape index (κ3) is 3.99. The van der Waals surface area contributed by atoms with Crippen molar-refractivity contribution < 1.29 is 23.4 Å². The normalized spacial score (nSPS) is 15.4. The number of ether oxygens (including phenoxy) is 3. The Kier molecular flexibility index (Phi) is 4.92. The Bertz CT molecular complexity index is 860. The van der Waals surface area contributed by atoms with E-state index in [1.807, 2.05) is 65.0 Å². The van der Waals surface area contributed by atoms with E-state index < -0.39 is 11.6 Å². The van der Waals surface area contributed by atoms with Gasteiger partial charge in [0.25, 0.3) is 0 Å². The molecule has 0 unspecified atom stereocenters. The Labute approximate surface area is 153 Å². The quantitative estimate of drug-likeness (QED) is 0.735. The van der Waals surface area contributed by atoms with Crippen LogP contribution >= 0.6 is 0 Å². The van der Waals surface area contributed by atoms with Crippen LogP contribution in [0.2, 0.25) is 0 Å². The van der Waals surface area contributed by atoms with Crippen LogP contribution in [0.4, 0.5) is 0 Å². The molecule has 2 aromatic rings. The molecule has 26 heavy (non-hydrogen) atoms. The van der Waals surface area contributed by atoms with Gasteiger partial charge in [-0.15, -0.1) is 0 Å². The fourth-order valence-corrected chi connectivity index (χ4v) is 2.71. The number of furan rings is 1. The van der Waals surface area contributed by atoms with Gasteiger partial charge in [-0.1, -0.05) is 18.2 Å². The SMILES string of the molecule is CC1=C(OC(=O)COC(C)(C)C)C(C)=C(c2cc3ccccc3o2)OC1. The molecule has 5 heteroatoms. The lowest BCUT2D eigenvalue weighted by Gasteiger charge is -2.23. The van der Waals surface area contributed by atoms with E-state index in [1.165, 1.54) is 0 Å². The lowest BCUT2D eigenvalue weighted by Crippen LogP contribution is -2.25. The fourth-order valence-electron chi connectivity index (χ4n) is 2.71. The van der Waals surface area contributed by atoms with Crippen LogP contribution in [0.3, 0.4) is 0 Å². The molecule has 0 fully saturated rings. The molecule has 0 radical (unpaired) electrons. The summed E-state index contributed by atoms with van der Waals surface area (Å²) >= 11 is 0. The van der Waals surface area contributed by atoms with E-state index in [-0.39, 0.29) is 6.61 Å². The van der Waals surface area contributed by atoms with Gasteiger partial charge in [-0.05, 0) is 46.8 Å². The maximum absolute atomic E-state index is 12.2. The van der Waals surface area contributed by atoms with Crippen molar-refractivity contribution in [1.29, 1.82) is 0 Å². The third-order valence-corrected chi connectivity index (χ3v) is 3.99. The Hall–Kier alpha value is -2.53. The molecular formula is C21H24O5. The highest BCUT2D eigenvalue weighted by Crippen LogP contribution is 2.34. The number of benzene rings is 1. The van der Waals surface area contributed by atoms with Gasteiger partial charge in [0.05, 0.1) is 5.60 Å². The minimum absolute atomic E-state index is 0.103. The van der Waals surface area contributed by atoms with Crippen LogP contribution in [0.5, 0.6) is 0 Å². The van der Waals surface area contributed by atoms with E-state index in [1.54, 1.807) is 0 Å². The van der Waals surface area contributed by atoms with Crippen LogP contribution in [0.25, 0.3) is 16.7 Å². The highest BCUT2D eigenvalue weighted by molar-refractivity contribution is 5.82. The highest BCUT2D eigenvalue weighted by Gasteiger charge is 2.25. The van der Waals surface area contributed by atoms with E-state index in [4.69, 9.17) is 18.6 Å². The molecule has 0 atom stereocenters. The van der Waals surface area contributed by atoms with Gasteiger partial charge in [-0.2, -0.15) is 0 Å². The van der Waals surface area contributed by atoms with E-state index in [9.17, 15) is 4.79 Å². The highest BCUT2D eigenvalue weighted by atomic mass is 16.6. The van der Waals surface area contributed by atoms with Crippen LogP contribution in [-0.4, -0.2) is 24.8 Å². The number of allylic oxidation sites excluding steroid dienone is 1. The van der Waals surface area contributed by atoms with Crippen LogP contribution in [0.15, 0.2) is 51.7 Å². The van der Waals surface area contributed by atoms with E-state index in [2.05, 4.69) is 0 Å². The first-order valence-corrected chi connectivity index (χ1v) is 8.62. The maximum Gasteiger partial charge on any atom is 0.337 e. The molecule has 1 aromatic heterocycles. The van der Waals surface area contributed by atoms with Crippen molar-refractivity contribution in [3.05, 3.63) is 53.0 Å². The standard InChI is InChI=1S/C21H24O5/c1-13-11-23-20(17-10-15-8-6-7-9-16(15)25-17)14(2)19(13)26-18(22)12-24-21(3,4)5/h6-10H,11-12H2,1-5H3. The number of hydrogen-bond donors (Lipinski definition) is 0. The third-order valence-electron chi connectivity index (χ3n) is 3.99. The fraction of sp³-hybridized carbons (Fsp3) is 0.381. The van der Waals surface area contributed by atoms with Gasteiger partial charge in [0.2, 0.25) is 0 Å². The van der Waals surface area contributed by atoms with Gasteiger partial charge in [-0.25, -0.2) is 4.79 Å². The van der Waals surface area contributed by atoms with Crippen molar-refractivity contribution >= 4 is 22.7 Å². The molecule has 1 aliphatic heterocycles. The first-order chi connectivity index (χ1) is 12.2. The molecule has 5 nitrogen and oxygen atoms in total. The Morgan fingerprint density at radius 3 is 2.62 bits per heavy atom. The molecule has 2 heterocycles. The number of carbonyl (C=O) groups is 1. The predicted molar refractivity (Wildman–Crippen MR) is 99.3 cm³/mol. The molecule has 0 saturated carbocycles. The number of para-hydroxylation sites is 1. The second-order valence-electron chi connectivity index (χ2n) is 7.38. The topological polar surface area (TPSA) is 57.9 Å². The smallest absolute Gasteiger partial charge is 0.337 e. The molecular weight excluding hydrogens is 332 g/mol. The lowest BCUT2D eigenvalue weighted by atomic mass is 10.1. The second-order valence-corrected chi connectivity index (χ2v) is 7.38. The Morgan fingerprint density at radius 2 is 1.92 bits per heavy atom. The number of rotatable bonds is 4. The number of hydrogen-bond acceptors (Lipinski definition) is 5. The molecule has 0 amide bonds. The van der Waals surface area contributed by atoms with Crippen LogP contribution in [0.1, 0.15) is 40.4 Å². The summed E-state index contributed by atoms with van der Waals surface area (Å²) in [6.45, 7) is 9.66. The minimum Gasteiger partial charge on any atom is -0.485 e. The van der Waals surface area contributed by atoms with Crippen molar-refractivity contribution in [2.75, 3.05) is 13.2 Å². The average Bonchev–Trinajstić information content (AvgIpc) is 3.00. The van der Waals surface area contributed by atoms with Crippen molar-refractivity contribution in [3.63, 3.8) is 0 Å². The maximum atomic E-state index is 12.2. The summed E-state index contributed by atoms with van der Waals surface area (Å²) in [6.07, 6.45) is 0. The van der Waals surface area contributed by atoms with E-state index in [0.29, 0.717) is 23.9 Å². The largest absolute Gasteiger partial charge is 0.485 e. The van der Waals surface area contributed by atoms with Gasteiger partial charge in [-0.3, -0.25) is 0 Å².